The van der Waals surface area contributed by atoms with Crippen LogP contribution in [-0.4, -0.2) is 43.7 Å². The lowest BCUT2D eigenvalue weighted by atomic mass is 10.2. The molecule has 3 N–H and O–H groups in total. The molecule has 7 heteroatoms. The predicted octanol–water partition coefficient (Wildman–Crippen LogP) is 3.74. The minimum Gasteiger partial charge on any atom is -0.492 e. The number of nitrogens with zero attached hydrogens (tertiary/aromatic N) is 2. The van der Waals surface area contributed by atoms with Gasteiger partial charge in [0.2, 0.25) is 0 Å². The zero-order valence-electron chi connectivity index (χ0n) is 16.2. The van der Waals surface area contributed by atoms with E-state index < -0.39 is 0 Å². The molecule has 0 aliphatic carbocycles. The number of carbonyl (C=O) groups is 1. The molecule has 1 aliphatic rings. The Morgan fingerprint density at radius 1 is 1.14 bits per heavy atom. The molecule has 6 nitrogen and oxygen atoms in total. The molecular formula is C21H27ClN4O2. The Morgan fingerprint density at radius 3 is 2.68 bits per heavy atom. The van der Waals surface area contributed by atoms with Crippen LogP contribution in [0.15, 0.2) is 42.5 Å². The molecule has 28 heavy (non-hydrogen) atoms. The topological polar surface area (TPSA) is 70.8 Å². The number of anilines is 2. The molecule has 0 saturated carbocycles. The van der Waals surface area contributed by atoms with Crippen molar-refractivity contribution >= 4 is 29.0 Å². The van der Waals surface area contributed by atoms with Crippen LogP contribution in [0.4, 0.5) is 16.2 Å². The first-order valence-electron chi connectivity index (χ1n) is 9.61. The third-order valence-electron chi connectivity index (χ3n) is 4.80. The molecule has 0 aromatic heterocycles. The fourth-order valence-electron chi connectivity index (χ4n) is 3.27. The molecule has 1 fully saturated rings. The molecule has 0 atom stereocenters. The highest BCUT2D eigenvalue weighted by atomic mass is 35.5. The summed E-state index contributed by atoms with van der Waals surface area (Å²) in [6.07, 6.45) is 0.905. The Bertz CT molecular complexity index is 797. The molecule has 1 heterocycles. The van der Waals surface area contributed by atoms with Crippen molar-refractivity contribution in [3.63, 3.8) is 0 Å². The van der Waals surface area contributed by atoms with Gasteiger partial charge in [0.05, 0.1) is 12.3 Å². The van der Waals surface area contributed by atoms with Crippen molar-refractivity contribution in [2.24, 2.45) is 0 Å². The minimum absolute atomic E-state index is 0.0379. The van der Waals surface area contributed by atoms with Crippen LogP contribution in [0.3, 0.4) is 0 Å². The molecule has 1 saturated heterocycles. The molecule has 0 spiro atoms. The van der Waals surface area contributed by atoms with Crippen molar-refractivity contribution in [1.82, 2.24) is 10.2 Å². The average Bonchev–Trinajstić information content (AvgIpc) is 2.95. The van der Waals surface area contributed by atoms with Crippen molar-refractivity contribution in [2.75, 3.05) is 43.4 Å². The first-order valence-corrected chi connectivity index (χ1v) is 9.99. The molecule has 0 bridgehead atoms. The quantitative estimate of drug-likeness (QED) is 0.747. The molecule has 2 aromatic rings. The van der Waals surface area contributed by atoms with Crippen LogP contribution >= 0.6 is 11.6 Å². The zero-order valence-corrected chi connectivity index (χ0v) is 16.9. The van der Waals surface area contributed by atoms with Crippen molar-refractivity contribution in [3.8, 4) is 5.75 Å². The third-order valence-corrected chi connectivity index (χ3v) is 5.05. The van der Waals surface area contributed by atoms with Crippen LogP contribution in [0.25, 0.3) is 0 Å². The molecule has 0 radical (unpaired) electrons. The van der Waals surface area contributed by atoms with Crippen molar-refractivity contribution in [2.45, 2.75) is 19.9 Å². The molecule has 2 amide bonds. The van der Waals surface area contributed by atoms with Gasteiger partial charge < -0.3 is 25.6 Å². The molecule has 2 aromatic carbocycles. The predicted molar refractivity (Wildman–Crippen MR) is 114 cm³/mol. The molecular weight excluding hydrogens is 376 g/mol. The Morgan fingerprint density at radius 2 is 1.93 bits per heavy atom. The van der Waals surface area contributed by atoms with E-state index in [4.69, 9.17) is 22.1 Å². The van der Waals surface area contributed by atoms with Gasteiger partial charge in [-0.15, -0.1) is 0 Å². The number of rotatable bonds is 5. The average molecular weight is 403 g/mol. The summed E-state index contributed by atoms with van der Waals surface area (Å²) in [5.41, 5.74) is 8.72. The smallest absolute Gasteiger partial charge is 0.317 e. The minimum atomic E-state index is -0.0379. The third kappa shape index (κ3) is 5.23. The summed E-state index contributed by atoms with van der Waals surface area (Å²) in [5, 5.41) is 3.69. The first kappa shape index (κ1) is 20.1. The number of hydrogen-bond acceptors (Lipinski definition) is 4. The number of nitrogens with two attached hydrogens (primary N) is 1. The van der Waals surface area contributed by atoms with E-state index >= 15 is 0 Å². The van der Waals surface area contributed by atoms with Crippen LogP contribution in [0.2, 0.25) is 5.02 Å². The summed E-state index contributed by atoms with van der Waals surface area (Å²) in [6.45, 7) is 6.07. The number of nitrogens with one attached hydrogen (secondary N) is 1. The second-order valence-electron chi connectivity index (χ2n) is 6.77. The Kier molecular flexibility index (Phi) is 6.87. The van der Waals surface area contributed by atoms with Crippen LogP contribution in [0, 0.1) is 0 Å². The van der Waals surface area contributed by atoms with Crippen LogP contribution in [0.5, 0.6) is 5.75 Å². The summed E-state index contributed by atoms with van der Waals surface area (Å²) < 4.78 is 5.61. The van der Waals surface area contributed by atoms with Crippen molar-refractivity contribution in [3.05, 3.63) is 53.1 Å². The highest BCUT2D eigenvalue weighted by Gasteiger charge is 2.19. The Balaban J connectivity index is 1.56. The second kappa shape index (κ2) is 9.55. The van der Waals surface area contributed by atoms with Crippen LogP contribution < -0.4 is 20.7 Å². The maximum absolute atomic E-state index is 12.6. The van der Waals surface area contributed by atoms with Crippen molar-refractivity contribution in [1.29, 1.82) is 0 Å². The van der Waals surface area contributed by atoms with Gasteiger partial charge in [0.25, 0.3) is 0 Å². The van der Waals surface area contributed by atoms with Crippen LogP contribution in [-0.2, 0) is 6.54 Å². The standard InChI is InChI=1S/C21H27ClN4O2/c1-2-28-20-14-18(8-9-19(20)23)25-10-3-11-26(13-12-25)21(27)24-15-16-4-6-17(22)7-5-16/h4-9,14H,2-3,10-13,15,23H2,1H3,(H,24,27). The number of nitrogen functional groups attached to an aromatic ring is 1. The van der Waals surface area contributed by atoms with Crippen molar-refractivity contribution < 1.29 is 9.53 Å². The SMILES string of the molecule is CCOc1cc(N2CCCN(C(=O)NCc3ccc(Cl)cc3)CC2)ccc1N. The van der Waals surface area contributed by atoms with E-state index in [9.17, 15) is 4.79 Å². The van der Waals surface area contributed by atoms with Gasteiger partial charge in [0, 0.05) is 49.5 Å². The normalized spacial score (nSPS) is 14.5. The summed E-state index contributed by atoms with van der Waals surface area (Å²) in [4.78, 5) is 16.7. The Labute approximate surface area is 171 Å². The monoisotopic (exact) mass is 402 g/mol. The van der Waals surface area contributed by atoms with Gasteiger partial charge in [-0.25, -0.2) is 4.79 Å². The number of ether oxygens (including phenoxy) is 1. The summed E-state index contributed by atoms with van der Waals surface area (Å²) in [7, 11) is 0. The first-order chi connectivity index (χ1) is 13.6. The maximum Gasteiger partial charge on any atom is 0.317 e. The number of hydrogen-bond donors (Lipinski definition) is 2. The second-order valence-corrected chi connectivity index (χ2v) is 7.20. The van der Waals surface area contributed by atoms with E-state index in [0.717, 1.165) is 37.3 Å². The molecule has 3 rings (SSSR count). The lowest BCUT2D eigenvalue weighted by molar-refractivity contribution is 0.201. The highest BCUT2D eigenvalue weighted by Crippen LogP contribution is 2.28. The fourth-order valence-corrected chi connectivity index (χ4v) is 3.40. The van der Waals surface area contributed by atoms with E-state index in [2.05, 4.69) is 10.2 Å². The van der Waals surface area contributed by atoms with E-state index in [1.165, 1.54) is 0 Å². The number of amides is 2. The van der Waals surface area contributed by atoms with Gasteiger partial charge in [-0.2, -0.15) is 0 Å². The number of urea groups is 1. The van der Waals surface area contributed by atoms with E-state index in [-0.39, 0.29) is 6.03 Å². The zero-order chi connectivity index (χ0) is 19.9. The number of carbonyl (C=O) groups excluding carboxylic acids is 1. The fraction of sp³-hybridized carbons (Fsp3) is 0.381. The maximum atomic E-state index is 12.6. The molecule has 0 unspecified atom stereocenters. The summed E-state index contributed by atoms with van der Waals surface area (Å²) >= 11 is 5.90. The van der Waals surface area contributed by atoms with Gasteiger partial charge >= 0.3 is 6.03 Å². The lowest BCUT2D eigenvalue weighted by Gasteiger charge is -2.24. The van der Waals surface area contributed by atoms with E-state index in [1.807, 2.05) is 54.3 Å². The number of halogens is 1. The van der Waals surface area contributed by atoms with Gasteiger partial charge in [0.1, 0.15) is 5.75 Å². The van der Waals surface area contributed by atoms with Gasteiger partial charge in [0.15, 0.2) is 0 Å². The largest absolute Gasteiger partial charge is 0.492 e. The molecule has 1 aliphatic heterocycles. The van der Waals surface area contributed by atoms with E-state index in [1.54, 1.807) is 0 Å². The summed E-state index contributed by atoms with van der Waals surface area (Å²) in [6, 6.07) is 13.3. The van der Waals surface area contributed by atoms with Gasteiger partial charge in [-0.1, -0.05) is 23.7 Å². The number of benzene rings is 2. The lowest BCUT2D eigenvalue weighted by Crippen LogP contribution is -2.41. The van der Waals surface area contributed by atoms with Crippen LogP contribution in [0.1, 0.15) is 18.9 Å². The van der Waals surface area contributed by atoms with Gasteiger partial charge in [-0.3, -0.25) is 0 Å². The highest BCUT2D eigenvalue weighted by molar-refractivity contribution is 6.30. The Hall–Kier alpha value is -2.60. The van der Waals surface area contributed by atoms with E-state index in [0.29, 0.717) is 36.2 Å². The van der Waals surface area contributed by atoms with Gasteiger partial charge in [-0.05, 0) is 43.2 Å². The summed E-state index contributed by atoms with van der Waals surface area (Å²) in [5.74, 6) is 0.710. The molecule has 150 valence electrons.